The molecule has 0 radical (unpaired) electrons. The average Bonchev–Trinajstić information content (AvgIpc) is 2.95. The Labute approximate surface area is 171 Å². The Morgan fingerprint density at radius 3 is 2.24 bits per heavy atom. The molecule has 0 fully saturated rings. The Balaban J connectivity index is 1.82. The molecule has 2 heterocycles. The van der Waals surface area contributed by atoms with Crippen molar-refractivity contribution < 1.29 is 4.39 Å². The van der Waals surface area contributed by atoms with Crippen molar-refractivity contribution >= 4 is 16.7 Å². The van der Waals surface area contributed by atoms with E-state index in [2.05, 4.69) is 61.8 Å². The first-order valence-electron chi connectivity index (χ1n) is 9.94. The highest BCUT2D eigenvalue weighted by molar-refractivity contribution is 5.94. The third kappa shape index (κ3) is 3.63. The van der Waals surface area contributed by atoms with Crippen LogP contribution in [-0.2, 0) is 13.1 Å². The summed E-state index contributed by atoms with van der Waals surface area (Å²) in [5, 5.41) is 3.62. The van der Waals surface area contributed by atoms with Gasteiger partial charge in [0.1, 0.15) is 5.82 Å². The molecular formula is C25H26FN3. The van der Waals surface area contributed by atoms with E-state index < -0.39 is 0 Å². The molecule has 2 aromatic carbocycles. The molecule has 148 valence electrons. The summed E-state index contributed by atoms with van der Waals surface area (Å²) in [5.41, 5.74) is 10.2. The van der Waals surface area contributed by atoms with E-state index in [9.17, 15) is 4.39 Å². The normalized spacial score (nSPS) is 11.2. The lowest BCUT2D eigenvalue weighted by molar-refractivity contribution is 0.627. The molecule has 0 aliphatic heterocycles. The lowest BCUT2D eigenvalue weighted by atomic mass is 10.1. The third-order valence-corrected chi connectivity index (χ3v) is 5.80. The number of aromatic nitrogens is 2. The molecule has 4 rings (SSSR count). The Bertz CT molecular complexity index is 1160. The molecule has 3 nitrogen and oxygen atoms in total. The first kappa shape index (κ1) is 19.2. The van der Waals surface area contributed by atoms with Crippen LogP contribution >= 0.6 is 0 Å². The summed E-state index contributed by atoms with van der Waals surface area (Å²) in [6.45, 7) is 9.90. The van der Waals surface area contributed by atoms with Crippen molar-refractivity contribution in [2.24, 2.45) is 0 Å². The molecule has 4 heteroatoms. The molecule has 0 spiro atoms. The van der Waals surface area contributed by atoms with Crippen LogP contribution in [0, 0.1) is 33.5 Å². The molecule has 0 atom stereocenters. The highest BCUT2D eigenvalue weighted by Crippen LogP contribution is 2.34. The number of nitrogens with zero attached hydrogens (tertiary/aromatic N) is 2. The zero-order chi connectivity index (χ0) is 20.5. The van der Waals surface area contributed by atoms with Gasteiger partial charge < -0.3 is 9.88 Å². The van der Waals surface area contributed by atoms with E-state index >= 15 is 0 Å². The van der Waals surface area contributed by atoms with Crippen molar-refractivity contribution in [2.45, 2.75) is 40.8 Å². The Kier molecular flexibility index (Phi) is 5.10. The van der Waals surface area contributed by atoms with Gasteiger partial charge >= 0.3 is 0 Å². The fraction of sp³-hybridized carbons (Fsp3) is 0.240. The van der Waals surface area contributed by atoms with Crippen LogP contribution in [0.1, 0.15) is 33.6 Å². The number of fused-ring (bicyclic) bond motifs is 1. The first-order valence-corrected chi connectivity index (χ1v) is 9.94. The monoisotopic (exact) mass is 387 g/mol. The third-order valence-electron chi connectivity index (χ3n) is 5.80. The van der Waals surface area contributed by atoms with E-state index in [1.165, 1.54) is 29.0 Å². The quantitative estimate of drug-likeness (QED) is 0.450. The summed E-state index contributed by atoms with van der Waals surface area (Å²) in [6.07, 6.45) is 0. The summed E-state index contributed by atoms with van der Waals surface area (Å²) >= 11 is 0. The molecule has 0 bridgehead atoms. The van der Waals surface area contributed by atoms with Crippen molar-refractivity contribution in [3.63, 3.8) is 0 Å². The van der Waals surface area contributed by atoms with Crippen molar-refractivity contribution in [3.8, 4) is 0 Å². The second kappa shape index (κ2) is 7.70. The second-order valence-electron chi connectivity index (χ2n) is 7.66. The van der Waals surface area contributed by atoms with Gasteiger partial charge in [-0.05, 0) is 62.1 Å². The van der Waals surface area contributed by atoms with Gasteiger partial charge in [0.05, 0.1) is 16.7 Å². The van der Waals surface area contributed by atoms with E-state index in [1.54, 1.807) is 0 Å². The minimum absolute atomic E-state index is 0.213. The van der Waals surface area contributed by atoms with Gasteiger partial charge in [0.15, 0.2) is 0 Å². The number of hydrogen-bond donors (Lipinski definition) is 1. The molecule has 0 unspecified atom stereocenters. The van der Waals surface area contributed by atoms with Gasteiger partial charge in [-0.3, -0.25) is 4.98 Å². The zero-order valence-corrected chi connectivity index (χ0v) is 17.4. The van der Waals surface area contributed by atoms with Crippen molar-refractivity contribution in [1.29, 1.82) is 0 Å². The fourth-order valence-corrected chi connectivity index (χ4v) is 3.82. The summed E-state index contributed by atoms with van der Waals surface area (Å²) in [5.74, 6) is -0.213. The van der Waals surface area contributed by atoms with E-state index in [-0.39, 0.29) is 5.82 Å². The number of hydrogen-bond acceptors (Lipinski definition) is 2. The van der Waals surface area contributed by atoms with Crippen molar-refractivity contribution in [2.75, 3.05) is 5.32 Å². The summed E-state index contributed by atoms with van der Waals surface area (Å²) in [6, 6.07) is 17.1. The van der Waals surface area contributed by atoms with E-state index in [1.807, 2.05) is 18.2 Å². The Morgan fingerprint density at radius 1 is 0.862 bits per heavy atom. The highest BCUT2D eigenvalue weighted by atomic mass is 19.1. The molecule has 2 aromatic heterocycles. The molecule has 0 aliphatic rings. The van der Waals surface area contributed by atoms with Crippen molar-refractivity contribution in [3.05, 3.63) is 94.1 Å². The molecule has 0 aliphatic carbocycles. The van der Waals surface area contributed by atoms with Crippen LogP contribution in [0.4, 0.5) is 10.1 Å². The highest BCUT2D eigenvalue weighted by Gasteiger charge is 2.19. The topological polar surface area (TPSA) is 29.9 Å². The number of rotatable bonds is 5. The van der Waals surface area contributed by atoms with Crippen LogP contribution in [0.25, 0.3) is 11.0 Å². The van der Waals surface area contributed by atoms with E-state index in [0.29, 0.717) is 6.54 Å². The van der Waals surface area contributed by atoms with Crippen molar-refractivity contribution in [1.82, 2.24) is 9.55 Å². The summed E-state index contributed by atoms with van der Waals surface area (Å²) < 4.78 is 15.6. The lowest BCUT2D eigenvalue weighted by Gasteiger charge is -2.17. The largest absolute Gasteiger partial charge is 0.379 e. The lowest BCUT2D eigenvalue weighted by Crippen LogP contribution is -2.08. The van der Waals surface area contributed by atoms with Gasteiger partial charge in [0.25, 0.3) is 0 Å². The predicted octanol–water partition coefficient (Wildman–Crippen LogP) is 6.07. The number of aryl methyl sites for hydroxylation is 2. The zero-order valence-electron chi connectivity index (χ0n) is 17.4. The van der Waals surface area contributed by atoms with E-state index in [0.717, 1.165) is 40.1 Å². The minimum atomic E-state index is -0.213. The van der Waals surface area contributed by atoms with Gasteiger partial charge in [-0.2, -0.15) is 0 Å². The minimum Gasteiger partial charge on any atom is -0.379 e. The Morgan fingerprint density at radius 2 is 1.55 bits per heavy atom. The van der Waals surface area contributed by atoms with Crippen LogP contribution < -0.4 is 5.32 Å². The second-order valence-corrected chi connectivity index (χ2v) is 7.66. The molecule has 0 amide bonds. The molecule has 4 aromatic rings. The maximum absolute atomic E-state index is 13.3. The maximum atomic E-state index is 13.3. The number of anilines is 1. The van der Waals surface area contributed by atoms with Gasteiger partial charge in [-0.25, -0.2) is 4.39 Å². The van der Waals surface area contributed by atoms with Gasteiger partial charge in [0.2, 0.25) is 0 Å². The standard InChI is InChI=1S/C25H26FN3/c1-16-18(3)28-24-17(2)19(4)29(15-21-8-6-5-7-9-21)25(24)23(16)27-14-20-10-12-22(26)13-11-20/h5-13H,14-15H2,1-4H3,(H,27,28). The molecule has 0 saturated heterocycles. The molecular weight excluding hydrogens is 361 g/mol. The average molecular weight is 388 g/mol. The van der Waals surface area contributed by atoms with Crippen LogP contribution in [0.5, 0.6) is 0 Å². The van der Waals surface area contributed by atoms with Gasteiger partial charge in [0, 0.05) is 24.5 Å². The smallest absolute Gasteiger partial charge is 0.123 e. The summed E-state index contributed by atoms with van der Waals surface area (Å²) in [7, 11) is 0. The Hall–Kier alpha value is -3.14. The maximum Gasteiger partial charge on any atom is 0.123 e. The predicted molar refractivity (Wildman–Crippen MR) is 118 cm³/mol. The van der Waals surface area contributed by atoms with Crippen LogP contribution in [-0.4, -0.2) is 9.55 Å². The van der Waals surface area contributed by atoms with E-state index in [4.69, 9.17) is 4.98 Å². The molecule has 29 heavy (non-hydrogen) atoms. The van der Waals surface area contributed by atoms with Gasteiger partial charge in [-0.1, -0.05) is 42.5 Å². The van der Waals surface area contributed by atoms with Crippen LogP contribution in [0.3, 0.4) is 0 Å². The van der Waals surface area contributed by atoms with Crippen LogP contribution in [0.2, 0.25) is 0 Å². The van der Waals surface area contributed by atoms with Gasteiger partial charge in [-0.15, -0.1) is 0 Å². The fourth-order valence-electron chi connectivity index (χ4n) is 3.82. The SMILES string of the molecule is Cc1nc2c(C)c(C)n(Cc3ccccc3)c2c(NCc2ccc(F)cc2)c1C. The molecule has 0 saturated carbocycles. The van der Waals surface area contributed by atoms with Crippen LogP contribution in [0.15, 0.2) is 54.6 Å². The first-order chi connectivity index (χ1) is 14.0. The number of nitrogens with one attached hydrogen (secondary N) is 1. The number of pyridine rings is 1. The number of halogens is 1. The number of benzene rings is 2. The molecule has 1 N–H and O–H groups in total. The summed E-state index contributed by atoms with van der Waals surface area (Å²) in [4.78, 5) is 4.91.